The highest BCUT2D eigenvalue weighted by Crippen LogP contribution is 1.83. The Labute approximate surface area is 66.9 Å². The molecule has 0 atom stereocenters. The number of nitrogens with two attached hydrogens (primary N) is 1. The van der Waals surface area contributed by atoms with Gasteiger partial charge in [0.05, 0.1) is 12.4 Å². The summed E-state index contributed by atoms with van der Waals surface area (Å²) in [5.41, 5.74) is 0. The summed E-state index contributed by atoms with van der Waals surface area (Å²) in [5.74, 6) is 4.84. The molecule has 68 valence electrons. The Kier molecular flexibility index (Phi) is 5.39. The number of hydrogen-bond acceptors (Lipinski definition) is 4. The first kappa shape index (κ1) is 10.8. The molecule has 5 nitrogen and oxygen atoms in total. The Balaban J connectivity index is 3.39. The van der Waals surface area contributed by atoms with Gasteiger partial charge in [-0.25, -0.2) is 19.0 Å². The molecule has 0 fully saturated rings. The molecule has 0 saturated carbocycles. The Hall–Kier alpha value is -0.170. The van der Waals surface area contributed by atoms with E-state index in [0.29, 0.717) is 19.6 Å². The van der Waals surface area contributed by atoms with E-state index in [1.807, 2.05) is 0 Å². The van der Waals surface area contributed by atoms with E-state index in [1.165, 1.54) is 0 Å². The molecule has 11 heavy (non-hydrogen) atoms. The van der Waals surface area contributed by atoms with Gasteiger partial charge in [0, 0.05) is 6.54 Å². The molecule has 0 saturated heterocycles. The fraction of sp³-hybridized carbons (Fsp3) is 1.00. The molecule has 0 unspecified atom stereocenters. The third kappa shape index (κ3) is 6.24. The topological polar surface area (TPSA) is 81.4 Å². The lowest BCUT2D eigenvalue weighted by atomic mass is 10.5. The summed E-state index contributed by atoms with van der Waals surface area (Å²) in [5, 5.41) is 0. The van der Waals surface area contributed by atoms with Crippen LogP contribution < -0.4 is 10.6 Å². The molecule has 6 heteroatoms. The number of rotatable bonds is 6. The van der Waals surface area contributed by atoms with Gasteiger partial charge < -0.3 is 4.84 Å². The van der Waals surface area contributed by atoms with E-state index in [-0.39, 0.29) is 5.75 Å². The molecule has 3 N–H and O–H groups in total. The summed E-state index contributed by atoms with van der Waals surface area (Å²) in [6, 6.07) is 0. The Morgan fingerprint density at radius 1 is 1.55 bits per heavy atom. The highest BCUT2D eigenvalue weighted by molar-refractivity contribution is 7.89. The quantitative estimate of drug-likeness (QED) is 0.416. The second-order valence-electron chi connectivity index (χ2n) is 2.02. The van der Waals surface area contributed by atoms with Crippen LogP contribution in [0.4, 0.5) is 0 Å². The molecule has 0 radical (unpaired) electrons. The largest absolute Gasteiger partial charge is 0.305 e. The molecular formula is C5H14N2O3S. The first-order valence-corrected chi connectivity index (χ1v) is 5.06. The summed E-state index contributed by atoms with van der Waals surface area (Å²) >= 11 is 0. The molecule has 0 aliphatic rings. The minimum atomic E-state index is -3.05. The van der Waals surface area contributed by atoms with Gasteiger partial charge in [-0.3, -0.25) is 0 Å². The molecular weight excluding hydrogens is 168 g/mol. The molecule has 0 spiro atoms. The van der Waals surface area contributed by atoms with Gasteiger partial charge in [-0.05, 0) is 13.3 Å². The normalized spacial score (nSPS) is 11.8. The number of sulfonamides is 1. The van der Waals surface area contributed by atoms with Crippen molar-refractivity contribution in [1.82, 2.24) is 4.72 Å². The monoisotopic (exact) mass is 182 g/mol. The summed E-state index contributed by atoms with van der Waals surface area (Å²) in [6.07, 6.45) is 0.593. The van der Waals surface area contributed by atoms with Crippen molar-refractivity contribution in [2.45, 2.75) is 13.3 Å². The lowest BCUT2D eigenvalue weighted by molar-refractivity contribution is 0.136. The lowest BCUT2D eigenvalue weighted by Gasteiger charge is -2.02. The predicted octanol–water partition coefficient (Wildman–Crippen LogP) is -0.794. The first-order valence-electron chi connectivity index (χ1n) is 3.41. The van der Waals surface area contributed by atoms with Gasteiger partial charge in [-0.2, -0.15) is 0 Å². The molecule has 0 aromatic heterocycles. The molecule has 0 rings (SSSR count). The van der Waals surface area contributed by atoms with E-state index in [9.17, 15) is 8.42 Å². The van der Waals surface area contributed by atoms with Gasteiger partial charge in [0.25, 0.3) is 0 Å². The van der Waals surface area contributed by atoms with E-state index < -0.39 is 10.0 Å². The van der Waals surface area contributed by atoms with Crippen LogP contribution in [0.2, 0.25) is 0 Å². The van der Waals surface area contributed by atoms with Crippen molar-refractivity contribution in [3.8, 4) is 0 Å². The summed E-state index contributed by atoms with van der Waals surface area (Å²) in [4.78, 5) is 4.26. The minimum absolute atomic E-state index is 0.108. The maximum absolute atomic E-state index is 10.8. The van der Waals surface area contributed by atoms with E-state index in [0.717, 1.165) is 0 Å². The molecule has 0 aromatic carbocycles. The predicted molar refractivity (Wildman–Crippen MR) is 42.2 cm³/mol. The standard InChI is InChI=1S/C5H14N2O3S/c1-2-11(8,9)7-4-3-5-10-6/h7H,2-6H2,1H3. The van der Waals surface area contributed by atoms with Crippen LogP contribution in [0.1, 0.15) is 13.3 Å². The zero-order valence-electron chi connectivity index (χ0n) is 6.54. The van der Waals surface area contributed by atoms with Crippen molar-refractivity contribution in [1.29, 1.82) is 0 Å². The van der Waals surface area contributed by atoms with Crippen molar-refractivity contribution in [3.05, 3.63) is 0 Å². The fourth-order valence-electron chi connectivity index (χ4n) is 0.485. The zero-order valence-corrected chi connectivity index (χ0v) is 7.36. The van der Waals surface area contributed by atoms with Crippen LogP contribution in [-0.2, 0) is 14.9 Å². The van der Waals surface area contributed by atoms with Crippen molar-refractivity contribution < 1.29 is 13.3 Å². The van der Waals surface area contributed by atoms with Crippen molar-refractivity contribution in [3.63, 3.8) is 0 Å². The summed E-state index contributed by atoms with van der Waals surface area (Å²) in [7, 11) is -3.05. The Morgan fingerprint density at radius 3 is 2.64 bits per heavy atom. The molecule has 0 amide bonds. The van der Waals surface area contributed by atoms with E-state index in [4.69, 9.17) is 5.90 Å². The SMILES string of the molecule is CCS(=O)(=O)NCCCON. The van der Waals surface area contributed by atoms with Crippen molar-refractivity contribution in [2.24, 2.45) is 5.90 Å². The van der Waals surface area contributed by atoms with Crippen LogP contribution in [0.5, 0.6) is 0 Å². The van der Waals surface area contributed by atoms with Crippen LogP contribution >= 0.6 is 0 Å². The third-order valence-corrected chi connectivity index (χ3v) is 2.55. The molecule has 0 aromatic rings. The number of nitrogens with one attached hydrogen (secondary N) is 1. The highest BCUT2D eigenvalue weighted by atomic mass is 32.2. The molecule has 0 aliphatic heterocycles. The lowest BCUT2D eigenvalue weighted by Crippen LogP contribution is -2.27. The third-order valence-electron chi connectivity index (χ3n) is 1.14. The number of hydrogen-bond donors (Lipinski definition) is 2. The van der Waals surface area contributed by atoms with E-state index in [2.05, 4.69) is 9.56 Å². The zero-order chi connectivity index (χ0) is 8.74. The van der Waals surface area contributed by atoms with Crippen LogP contribution in [0.15, 0.2) is 0 Å². The second-order valence-corrected chi connectivity index (χ2v) is 4.12. The average molecular weight is 182 g/mol. The first-order chi connectivity index (χ1) is 5.12. The second kappa shape index (κ2) is 5.48. The van der Waals surface area contributed by atoms with Crippen molar-refractivity contribution >= 4 is 10.0 Å². The molecule has 0 bridgehead atoms. The Morgan fingerprint density at radius 2 is 2.18 bits per heavy atom. The maximum atomic E-state index is 10.8. The van der Waals surface area contributed by atoms with E-state index >= 15 is 0 Å². The van der Waals surface area contributed by atoms with E-state index in [1.54, 1.807) is 6.92 Å². The van der Waals surface area contributed by atoms with Crippen molar-refractivity contribution in [2.75, 3.05) is 18.9 Å². The molecule has 0 aliphatic carbocycles. The van der Waals surface area contributed by atoms with Crippen LogP contribution in [0.3, 0.4) is 0 Å². The van der Waals surface area contributed by atoms with Gasteiger partial charge >= 0.3 is 0 Å². The van der Waals surface area contributed by atoms with Gasteiger partial charge in [0.2, 0.25) is 10.0 Å². The van der Waals surface area contributed by atoms with Gasteiger partial charge in [-0.1, -0.05) is 0 Å². The van der Waals surface area contributed by atoms with Crippen LogP contribution in [0, 0.1) is 0 Å². The minimum Gasteiger partial charge on any atom is -0.305 e. The van der Waals surface area contributed by atoms with Gasteiger partial charge in [-0.15, -0.1) is 0 Å². The van der Waals surface area contributed by atoms with Gasteiger partial charge in [0.1, 0.15) is 0 Å². The fourth-order valence-corrected chi connectivity index (χ4v) is 1.14. The Bertz CT molecular complexity index is 178. The summed E-state index contributed by atoms with van der Waals surface area (Å²) in [6.45, 7) is 2.33. The molecule has 0 heterocycles. The maximum Gasteiger partial charge on any atom is 0.211 e. The smallest absolute Gasteiger partial charge is 0.211 e. The van der Waals surface area contributed by atoms with Gasteiger partial charge in [0.15, 0.2) is 0 Å². The highest BCUT2D eigenvalue weighted by Gasteiger charge is 2.03. The average Bonchev–Trinajstić information content (AvgIpc) is 1.99. The van der Waals surface area contributed by atoms with Crippen LogP contribution in [-0.4, -0.2) is 27.3 Å². The van der Waals surface area contributed by atoms with Crippen LogP contribution in [0.25, 0.3) is 0 Å². The summed E-state index contributed by atoms with van der Waals surface area (Å²) < 4.78 is 23.9.